The number of hydrogen-bond donors (Lipinski definition) is 3. The van der Waals surface area contributed by atoms with E-state index in [9.17, 15) is 24.3 Å². The second kappa shape index (κ2) is 15.0. The van der Waals surface area contributed by atoms with E-state index in [1.54, 1.807) is 4.90 Å². The first-order chi connectivity index (χ1) is 21.0. The summed E-state index contributed by atoms with van der Waals surface area (Å²) in [6.07, 6.45) is 1.55. The van der Waals surface area contributed by atoms with Crippen molar-refractivity contribution in [2.24, 2.45) is 5.92 Å². The fourth-order valence-electron chi connectivity index (χ4n) is 5.40. The summed E-state index contributed by atoms with van der Waals surface area (Å²) < 4.78 is 5.47. The molecule has 3 aromatic carbocycles. The Morgan fingerprint density at radius 2 is 1.52 bits per heavy atom. The highest BCUT2D eigenvalue weighted by Crippen LogP contribution is 2.21. The SMILES string of the molecule is CC(C)(C)OC(=O)N1CCC(C(=O)N[C@@H](Cc2ccc3ccccc3c2)C(=O)N[C@@H](CCc2ccccc2)C(=O)CO)CC1. The van der Waals surface area contributed by atoms with Gasteiger partial charge in [-0.3, -0.25) is 14.4 Å². The van der Waals surface area contributed by atoms with Crippen LogP contribution in [0.25, 0.3) is 10.8 Å². The Morgan fingerprint density at radius 3 is 2.18 bits per heavy atom. The predicted octanol–water partition coefficient (Wildman–Crippen LogP) is 4.19. The second-order valence-corrected chi connectivity index (χ2v) is 12.4. The minimum Gasteiger partial charge on any atom is -0.444 e. The maximum atomic E-state index is 13.7. The van der Waals surface area contributed by atoms with Crippen LogP contribution in [0.3, 0.4) is 0 Å². The molecule has 4 rings (SSSR count). The molecule has 0 aromatic heterocycles. The van der Waals surface area contributed by atoms with Crippen LogP contribution in [-0.2, 0) is 32.0 Å². The number of nitrogens with one attached hydrogen (secondary N) is 2. The van der Waals surface area contributed by atoms with Crippen LogP contribution in [0, 0.1) is 5.92 Å². The number of Topliss-reactive ketones (excluding diaryl/α,β-unsaturated/α-hetero) is 1. The van der Waals surface area contributed by atoms with E-state index in [0.717, 1.165) is 21.9 Å². The fourth-order valence-corrected chi connectivity index (χ4v) is 5.40. The quantitative estimate of drug-likeness (QED) is 0.303. The smallest absolute Gasteiger partial charge is 0.410 e. The van der Waals surface area contributed by atoms with Crippen molar-refractivity contribution >= 4 is 34.5 Å². The van der Waals surface area contributed by atoms with E-state index < -0.39 is 42.1 Å². The number of rotatable bonds is 11. The van der Waals surface area contributed by atoms with Crippen molar-refractivity contribution in [2.75, 3.05) is 19.7 Å². The number of likely N-dealkylation sites (tertiary alicyclic amines) is 1. The Balaban J connectivity index is 1.47. The monoisotopic (exact) mass is 601 g/mol. The van der Waals surface area contributed by atoms with Crippen LogP contribution in [0.5, 0.6) is 0 Å². The van der Waals surface area contributed by atoms with Gasteiger partial charge in [0.25, 0.3) is 0 Å². The van der Waals surface area contributed by atoms with E-state index in [0.29, 0.717) is 38.8 Å². The first-order valence-electron chi connectivity index (χ1n) is 15.3. The van der Waals surface area contributed by atoms with Crippen molar-refractivity contribution in [2.45, 2.75) is 70.6 Å². The van der Waals surface area contributed by atoms with Gasteiger partial charge in [0.05, 0.1) is 6.04 Å². The van der Waals surface area contributed by atoms with Crippen LogP contribution in [0.4, 0.5) is 4.79 Å². The molecule has 0 aliphatic carbocycles. The summed E-state index contributed by atoms with van der Waals surface area (Å²) in [5.74, 6) is -1.63. The van der Waals surface area contributed by atoms with Crippen LogP contribution >= 0.6 is 0 Å². The number of ketones is 1. The molecule has 0 saturated carbocycles. The normalized spacial score (nSPS) is 15.3. The number of ether oxygens (including phenoxy) is 1. The number of aryl methyl sites for hydroxylation is 1. The van der Waals surface area contributed by atoms with Gasteiger partial charge in [0.2, 0.25) is 11.8 Å². The number of fused-ring (bicyclic) bond motifs is 1. The number of hydrogen-bond acceptors (Lipinski definition) is 6. The number of carbonyl (C=O) groups excluding carboxylic acids is 4. The fraction of sp³-hybridized carbons (Fsp3) is 0.429. The molecule has 3 N–H and O–H groups in total. The lowest BCUT2D eigenvalue weighted by Gasteiger charge is -2.33. The van der Waals surface area contributed by atoms with Gasteiger partial charge >= 0.3 is 6.09 Å². The van der Waals surface area contributed by atoms with Gasteiger partial charge in [0.1, 0.15) is 18.2 Å². The molecule has 1 heterocycles. The zero-order valence-electron chi connectivity index (χ0n) is 25.8. The topological polar surface area (TPSA) is 125 Å². The summed E-state index contributed by atoms with van der Waals surface area (Å²) in [5, 5.41) is 17.5. The lowest BCUT2D eigenvalue weighted by Crippen LogP contribution is -2.54. The van der Waals surface area contributed by atoms with Gasteiger partial charge in [-0.25, -0.2) is 4.79 Å². The van der Waals surface area contributed by atoms with Crippen molar-refractivity contribution < 1.29 is 29.0 Å². The third-order valence-corrected chi connectivity index (χ3v) is 7.83. The maximum absolute atomic E-state index is 13.7. The Bertz CT molecular complexity index is 1440. The molecule has 9 heteroatoms. The third-order valence-electron chi connectivity index (χ3n) is 7.83. The number of aliphatic hydroxyl groups excluding tert-OH is 1. The van der Waals surface area contributed by atoms with E-state index in [1.165, 1.54) is 0 Å². The van der Waals surface area contributed by atoms with E-state index in [-0.39, 0.29) is 18.2 Å². The van der Waals surface area contributed by atoms with E-state index in [2.05, 4.69) is 10.6 Å². The molecule has 0 radical (unpaired) electrons. The first-order valence-corrected chi connectivity index (χ1v) is 15.3. The largest absolute Gasteiger partial charge is 0.444 e. The molecule has 2 atom stereocenters. The molecule has 3 aromatic rings. The Morgan fingerprint density at radius 1 is 0.864 bits per heavy atom. The zero-order valence-corrected chi connectivity index (χ0v) is 25.8. The van der Waals surface area contributed by atoms with Crippen molar-refractivity contribution in [1.29, 1.82) is 0 Å². The molecule has 1 saturated heterocycles. The van der Waals surface area contributed by atoms with Crippen LogP contribution in [-0.4, -0.2) is 71.1 Å². The highest BCUT2D eigenvalue weighted by molar-refractivity contribution is 5.94. The van der Waals surface area contributed by atoms with E-state index in [4.69, 9.17) is 4.74 Å². The molecule has 1 fully saturated rings. The van der Waals surface area contributed by atoms with Gasteiger partial charge in [-0.1, -0.05) is 72.8 Å². The summed E-state index contributed by atoms with van der Waals surface area (Å²) in [6, 6.07) is 21.6. The van der Waals surface area contributed by atoms with Gasteiger partial charge in [-0.2, -0.15) is 0 Å². The summed E-state index contributed by atoms with van der Waals surface area (Å²) in [5.41, 5.74) is 1.26. The summed E-state index contributed by atoms with van der Waals surface area (Å²) in [7, 11) is 0. The number of carbonyl (C=O) groups is 4. The van der Waals surface area contributed by atoms with Crippen molar-refractivity contribution in [3.63, 3.8) is 0 Å². The van der Waals surface area contributed by atoms with Gasteiger partial charge in [-0.15, -0.1) is 0 Å². The van der Waals surface area contributed by atoms with Crippen LogP contribution in [0.1, 0.15) is 51.2 Å². The second-order valence-electron chi connectivity index (χ2n) is 12.4. The molecule has 234 valence electrons. The van der Waals surface area contributed by atoms with Gasteiger partial charge < -0.3 is 25.4 Å². The number of piperidine rings is 1. The van der Waals surface area contributed by atoms with Crippen LogP contribution < -0.4 is 10.6 Å². The minimum absolute atomic E-state index is 0.220. The van der Waals surface area contributed by atoms with Crippen LogP contribution in [0.15, 0.2) is 72.8 Å². The molecule has 1 aliphatic heterocycles. The molecule has 0 unspecified atom stereocenters. The van der Waals surface area contributed by atoms with Crippen molar-refractivity contribution in [1.82, 2.24) is 15.5 Å². The minimum atomic E-state index is -0.946. The Labute approximate surface area is 259 Å². The average Bonchev–Trinajstić information content (AvgIpc) is 3.01. The van der Waals surface area contributed by atoms with Crippen molar-refractivity contribution in [3.8, 4) is 0 Å². The molecule has 3 amide bonds. The third kappa shape index (κ3) is 9.38. The Hall–Kier alpha value is -4.24. The maximum Gasteiger partial charge on any atom is 0.410 e. The molecule has 0 bridgehead atoms. The number of nitrogens with zero attached hydrogens (tertiary/aromatic N) is 1. The molecule has 44 heavy (non-hydrogen) atoms. The molecular formula is C35H43N3O6. The molecular weight excluding hydrogens is 558 g/mol. The standard InChI is InChI=1S/C35H43N3O6/c1-35(2,3)44-34(43)38-19-17-27(18-20-38)32(41)37-30(22-25-13-15-26-11-7-8-12-28(26)21-25)33(42)36-29(31(40)23-39)16-14-24-9-5-4-6-10-24/h4-13,15,21,27,29-30,39H,14,16-20,22-23H2,1-3H3,(H,36,42)(H,37,41)/t29-,30-/m0/s1. The van der Waals surface area contributed by atoms with E-state index >= 15 is 0 Å². The molecule has 0 spiro atoms. The molecule has 9 nitrogen and oxygen atoms in total. The van der Waals surface area contributed by atoms with E-state index in [1.807, 2.05) is 93.6 Å². The first kappa shape index (κ1) is 32.7. The lowest BCUT2D eigenvalue weighted by atomic mass is 9.94. The number of aliphatic hydroxyl groups is 1. The average molecular weight is 602 g/mol. The lowest BCUT2D eigenvalue weighted by molar-refractivity contribution is -0.134. The Kier molecular flexibility index (Phi) is 11.1. The zero-order chi connectivity index (χ0) is 31.7. The van der Waals surface area contributed by atoms with Gasteiger partial charge in [0, 0.05) is 25.4 Å². The predicted molar refractivity (Wildman–Crippen MR) is 169 cm³/mol. The summed E-state index contributed by atoms with van der Waals surface area (Å²) in [6.45, 7) is 5.49. The van der Waals surface area contributed by atoms with Gasteiger partial charge in [-0.05, 0) is 68.4 Å². The van der Waals surface area contributed by atoms with Crippen LogP contribution in [0.2, 0.25) is 0 Å². The number of amides is 3. The summed E-state index contributed by atoms with van der Waals surface area (Å²) in [4.78, 5) is 53.9. The molecule has 1 aliphatic rings. The summed E-state index contributed by atoms with van der Waals surface area (Å²) >= 11 is 0. The van der Waals surface area contributed by atoms with Crippen molar-refractivity contribution in [3.05, 3.63) is 83.9 Å². The highest BCUT2D eigenvalue weighted by Gasteiger charge is 2.33. The van der Waals surface area contributed by atoms with Gasteiger partial charge in [0.15, 0.2) is 5.78 Å². The highest BCUT2D eigenvalue weighted by atomic mass is 16.6. The number of benzene rings is 3.